The predicted molar refractivity (Wildman–Crippen MR) is 77.7 cm³/mol. The summed E-state index contributed by atoms with van der Waals surface area (Å²) in [6.07, 6.45) is 5.46. The molecule has 0 spiro atoms. The Morgan fingerprint density at radius 3 is 3.05 bits per heavy atom. The molecule has 1 aliphatic rings. The van der Waals surface area contributed by atoms with E-state index >= 15 is 0 Å². The summed E-state index contributed by atoms with van der Waals surface area (Å²) < 4.78 is 0. The van der Waals surface area contributed by atoms with E-state index in [1.54, 1.807) is 13.2 Å². The standard InChI is InChI=1S/C13H21ClN4O/c1-9-4-3-5-13(19,6-9)8-17-11-10(14)7-16-12(15-2)18-11/h7,9,19H,3-6,8H2,1-2H3,(H2,15,16,17,18). The van der Waals surface area contributed by atoms with Crippen molar-refractivity contribution in [2.24, 2.45) is 5.92 Å². The average Bonchev–Trinajstić information content (AvgIpc) is 2.37. The van der Waals surface area contributed by atoms with Crippen molar-refractivity contribution in [1.29, 1.82) is 0 Å². The normalized spacial score (nSPS) is 27.1. The lowest BCUT2D eigenvalue weighted by Crippen LogP contribution is -2.41. The molecule has 5 nitrogen and oxygen atoms in total. The lowest BCUT2D eigenvalue weighted by atomic mass is 9.79. The maximum Gasteiger partial charge on any atom is 0.224 e. The van der Waals surface area contributed by atoms with Crippen molar-refractivity contribution in [3.8, 4) is 0 Å². The van der Waals surface area contributed by atoms with Gasteiger partial charge in [0.2, 0.25) is 5.95 Å². The van der Waals surface area contributed by atoms with E-state index in [1.165, 1.54) is 6.42 Å². The van der Waals surface area contributed by atoms with Gasteiger partial charge < -0.3 is 15.7 Å². The Kier molecular flexibility index (Phi) is 4.47. The molecule has 19 heavy (non-hydrogen) atoms. The summed E-state index contributed by atoms with van der Waals surface area (Å²) in [6.45, 7) is 2.65. The molecule has 2 atom stereocenters. The van der Waals surface area contributed by atoms with Gasteiger partial charge in [0, 0.05) is 13.6 Å². The number of halogens is 1. The molecule has 0 bridgehead atoms. The van der Waals surface area contributed by atoms with Crippen LogP contribution >= 0.6 is 11.6 Å². The van der Waals surface area contributed by atoms with Crippen molar-refractivity contribution in [2.45, 2.75) is 38.2 Å². The minimum absolute atomic E-state index is 0.464. The average molecular weight is 285 g/mol. The second-order valence-corrected chi connectivity index (χ2v) is 5.83. The van der Waals surface area contributed by atoms with Gasteiger partial charge in [-0.2, -0.15) is 4.98 Å². The highest BCUT2D eigenvalue weighted by Crippen LogP contribution is 2.32. The van der Waals surface area contributed by atoms with Crippen LogP contribution in [-0.2, 0) is 0 Å². The quantitative estimate of drug-likeness (QED) is 0.793. The summed E-state index contributed by atoms with van der Waals surface area (Å²) in [7, 11) is 1.75. The largest absolute Gasteiger partial charge is 0.388 e. The number of aromatic nitrogens is 2. The van der Waals surface area contributed by atoms with Crippen molar-refractivity contribution < 1.29 is 5.11 Å². The zero-order valence-electron chi connectivity index (χ0n) is 11.4. The van der Waals surface area contributed by atoms with Crippen LogP contribution in [0.5, 0.6) is 0 Å². The second kappa shape index (κ2) is 5.92. The number of nitrogens with one attached hydrogen (secondary N) is 2. The Morgan fingerprint density at radius 1 is 1.58 bits per heavy atom. The Morgan fingerprint density at radius 2 is 2.37 bits per heavy atom. The highest BCUT2D eigenvalue weighted by molar-refractivity contribution is 6.32. The van der Waals surface area contributed by atoms with Crippen LogP contribution in [0.1, 0.15) is 32.6 Å². The Hall–Kier alpha value is -1.07. The molecule has 1 saturated carbocycles. The Bertz CT molecular complexity index is 443. The topological polar surface area (TPSA) is 70.1 Å². The van der Waals surface area contributed by atoms with Gasteiger partial charge in [-0.15, -0.1) is 0 Å². The smallest absolute Gasteiger partial charge is 0.224 e. The zero-order valence-corrected chi connectivity index (χ0v) is 12.2. The zero-order chi connectivity index (χ0) is 13.9. The third-order valence-corrected chi connectivity index (χ3v) is 3.90. The number of hydrogen-bond acceptors (Lipinski definition) is 5. The van der Waals surface area contributed by atoms with Crippen molar-refractivity contribution in [2.75, 3.05) is 24.2 Å². The fourth-order valence-corrected chi connectivity index (χ4v) is 2.81. The maximum absolute atomic E-state index is 10.6. The molecule has 0 amide bonds. The molecule has 3 N–H and O–H groups in total. The molecule has 106 valence electrons. The van der Waals surface area contributed by atoms with E-state index < -0.39 is 5.60 Å². The maximum atomic E-state index is 10.6. The van der Waals surface area contributed by atoms with Crippen molar-refractivity contribution >= 4 is 23.4 Å². The van der Waals surface area contributed by atoms with Crippen LogP contribution in [0.4, 0.5) is 11.8 Å². The van der Waals surface area contributed by atoms with E-state index in [4.69, 9.17) is 11.6 Å². The fraction of sp³-hybridized carbons (Fsp3) is 0.692. The molecule has 0 saturated heterocycles. The molecular formula is C13H21ClN4O. The molecule has 0 aromatic carbocycles. The first-order chi connectivity index (χ1) is 9.02. The highest BCUT2D eigenvalue weighted by Gasteiger charge is 2.32. The minimum Gasteiger partial charge on any atom is -0.388 e. The van der Waals surface area contributed by atoms with E-state index in [0.717, 1.165) is 19.3 Å². The molecule has 0 aliphatic heterocycles. The molecule has 0 radical (unpaired) electrons. The summed E-state index contributed by atoms with van der Waals surface area (Å²) in [6, 6.07) is 0. The monoisotopic (exact) mass is 284 g/mol. The van der Waals surface area contributed by atoms with Crippen LogP contribution in [-0.4, -0.2) is 34.3 Å². The Balaban J connectivity index is 2.01. The second-order valence-electron chi connectivity index (χ2n) is 5.42. The van der Waals surface area contributed by atoms with Crippen LogP contribution in [0.2, 0.25) is 5.02 Å². The van der Waals surface area contributed by atoms with Crippen molar-refractivity contribution in [1.82, 2.24) is 9.97 Å². The summed E-state index contributed by atoms with van der Waals surface area (Å²) >= 11 is 6.05. The first-order valence-electron chi connectivity index (χ1n) is 6.69. The number of rotatable bonds is 4. The molecule has 2 unspecified atom stereocenters. The molecule has 1 aromatic heterocycles. The fourth-order valence-electron chi connectivity index (χ4n) is 2.65. The molecule has 6 heteroatoms. The minimum atomic E-state index is -0.661. The van der Waals surface area contributed by atoms with Crippen LogP contribution < -0.4 is 10.6 Å². The van der Waals surface area contributed by atoms with Crippen molar-refractivity contribution in [3.05, 3.63) is 11.2 Å². The lowest BCUT2D eigenvalue weighted by Gasteiger charge is -2.35. The van der Waals surface area contributed by atoms with Gasteiger partial charge in [0.15, 0.2) is 5.82 Å². The van der Waals surface area contributed by atoms with Gasteiger partial charge in [-0.05, 0) is 18.8 Å². The molecule has 2 rings (SSSR count). The number of hydrogen-bond donors (Lipinski definition) is 3. The van der Waals surface area contributed by atoms with Crippen molar-refractivity contribution in [3.63, 3.8) is 0 Å². The molecule has 1 fully saturated rings. The van der Waals surface area contributed by atoms with E-state index in [1.807, 2.05) is 0 Å². The third kappa shape index (κ3) is 3.70. The number of anilines is 2. The molecule has 1 aromatic rings. The molecule has 1 heterocycles. The number of aliphatic hydroxyl groups is 1. The number of nitrogens with zero attached hydrogens (tertiary/aromatic N) is 2. The predicted octanol–water partition coefficient (Wildman–Crippen LogP) is 2.52. The third-order valence-electron chi connectivity index (χ3n) is 3.62. The van der Waals surface area contributed by atoms with E-state index in [0.29, 0.717) is 29.3 Å². The van der Waals surface area contributed by atoms with Crippen LogP contribution in [0.3, 0.4) is 0 Å². The first-order valence-corrected chi connectivity index (χ1v) is 7.07. The van der Waals surface area contributed by atoms with E-state index in [-0.39, 0.29) is 0 Å². The lowest BCUT2D eigenvalue weighted by molar-refractivity contribution is -0.000823. The summed E-state index contributed by atoms with van der Waals surface area (Å²) in [5, 5.41) is 17.0. The van der Waals surface area contributed by atoms with Crippen LogP contribution in [0, 0.1) is 5.92 Å². The van der Waals surface area contributed by atoms with Gasteiger partial charge in [-0.25, -0.2) is 4.98 Å². The first kappa shape index (κ1) is 14.3. The van der Waals surface area contributed by atoms with Gasteiger partial charge in [0.05, 0.1) is 11.8 Å². The summed E-state index contributed by atoms with van der Waals surface area (Å²) in [5.41, 5.74) is -0.661. The van der Waals surface area contributed by atoms with Gasteiger partial charge in [0.1, 0.15) is 5.02 Å². The van der Waals surface area contributed by atoms with Gasteiger partial charge >= 0.3 is 0 Å². The van der Waals surface area contributed by atoms with Crippen LogP contribution in [0.25, 0.3) is 0 Å². The SMILES string of the molecule is CNc1ncc(Cl)c(NCC2(O)CCCC(C)C2)n1. The summed E-state index contributed by atoms with van der Waals surface area (Å²) in [4.78, 5) is 8.27. The van der Waals surface area contributed by atoms with Crippen LogP contribution in [0.15, 0.2) is 6.20 Å². The van der Waals surface area contributed by atoms with E-state index in [9.17, 15) is 5.11 Å². The van der Waals surface area contributed by atoms with Gasteiger partial charge in [-0.1, -0.05) is 31.4 Å². The Labute approximate surface area is 118 Å². The molecule has 1 aliphatic carbocycles. The highest BCUT2D eigenvalue weighted by atomic mass is 35.5. The van der Waals surface area contributed by atoms with Gasteiger partial charge in [0.25, 0.3) is 0 Å². The summed E-state index contributed by atoms with van der Waals surface area (Å²) in [5.74, 6) is 1.64. The van der Waals surface area contributed by atoms with Gasteiger partial charge in [-0.3, -0.25) is 0 Å². The van der Waals surface area contributed by atoms with E-state index in [2.05, 4.69) is 27.5 Å². The molecular weight excluding hydrogens is 264 g/mol.